The first-order chi connectivity index (χ1) is 36.6. The maximum Gasteiger partial charge on any atom is 0.338 e. The zero-order chi connectivity index (χ0) is 55.4. The molecular weight excluding hydrogens is 1000 g/mol. The van der Waals surface area contributed by atoms with Gasteiger partial charge in [-0.25, -0.2) is 4.79 Å². The lowest BCUT2D eigenvalue weighted by molar-refractivity contribution is -0.347. The summed E-state index contributed by atoms with van der Waals surface area (Å²) >= 11 is 0. The molecule has 0 amide bonds. The number of benzene rings is 1. The minimum absolute atomic E-state index is 0.0849. The number of esters is 2. The molecule has 19 heteroatoms. The fourth-order valence-corrected chi connectivity index (χ4v) is 15.3. The first-order valence-electron chi connectivity index (χ1n) is 28.0. The molecule has 0 aromatic heterocycles. The quantitative estimate of drug-likeness (QED) is 0.137. The van der Waals surface area contributed by atoms with Crippen molar-refractivity contribution in [3.63, 3.8) is 0 Å². The van der Waals surface area contributed by atoms with Gasteiger partial charge < -0.3 is 76.5 Å². The number of ketones is 1. The summed E-state index contributed by atoms with van der Waals surface area (Å²) < 4.78 is 87.8. The molecule has 4 aliphatic heterocycles. The van der Waals surface area contributed by atoms with Crippen LogP contribution in [0.4, 0.5) is 0 Å². The van der Waals surface area contributed by atoms with Crippen molar-refractivity contribution in [2.75, 3.05) is 28.4 Å². The monoisotopic (exact) mass is 1090 g/mol. The molecule has 19 nitrogen and oxygen atoms in total. The zero-order valence-corrected chi connectivity index (χ0v) is 47.1. The van der Waals surface area contributed by atoms with Crippen molar-refractivity contribution < 1.29 is 90.9 Å². The highest BCUT2D eigenvalue weighted by atomic mass is 16.8. The van der Waals surface area contributed by atoms with Gasteiger partial charge >= 0.3 is 11.9 Å². The van der Waals surface area contributed by atoms with Gasteiger partial charge in [0.1, 0.15) is 47.5 Å². The van der Waals surface area contributed by atoms with Crippen LogP contribution in [-0.2, 0) is 75.9 Å². The number of methoxy groups -OCH3 is 4. The number of carbonyl (C=O) groups excluding carboxylic acids is 3. The van der Waals surface area contributed by atoms with E-state index >= 15 is 0 Å². The summed E-state index contributed by atoms with van der Waals surface area (Å²) in [5, 5.41) is 25.9. The molecule has 0 radical (unpaired) electrons. The van der Waals surface area contributed by atoms with E-state index in [1.54, 1.807) is 52.7 Å². The Kier molecular flexibility index (Phi) is 17.9. The molecule has 0 bridgehead atoms. The summed E-state index contributed by atoms with van der Waals surface area (Å²) in [5.74, 6) is -2.04. The minimum Gasteiger partial charge on any atom is -0.458 e. The Bertz CT molecular complexity index is 2250. The Balaban J connectivity index is 0.794. The molecule has 9 rings (SSSR count). The molecule has 1 aromatic rings. The molecule has 8 aliphatic rings. The van der Waals surface area contributed by atoms with Crippen molar-refractivity contribution in [2.24, 2.45) is 22.7 Å². The van der Waals surface area contributed by atoms with Gasteiger partial charge in [0.05, 0.1) is 54.4 Å². The number of hydrogen-bond donors (Lipinski definition) is 2. The van der Waals surface area contributed by atoms with E-state index in [2.05, 4.69) is 13.0 Å². The summed E-state index contributed by atoms with van der Waals surface area (Å²) in [6.07, 6.45) is -2.31. The third-order valence-electron chi connectivity index (χ3n) is 19.4. The Labute approximate surface area is 453 Å². The summed E-state index contributed by atoms with van der Waals surface area (Å²) in [6, 6.07) is 8.78. The number of ether oxygens (including phenoxy) is 14. The lowest BCUT2D eigenvalue weighted by Crippen LogP contribution is -2.75. The standard InChI is InChI=1S/C58H86O19/c1-30(59)39-20-23-58(63)56(39,8)45(74-54(61)36-16-14-13-15-17-36)29-44-55(7)21-19-38(24-37(55)18-22-57(44,58)62)73-46-25-41(65-10)51(32(3)68-46)76-48-27-43(67-12)53(34(5)70-48)77-49-28-42(66-11)52(33(4)71-49)75-47-26-40(64-9)50(31(2)69-47)72-35(6)60/h13-18,31-34,38-53,62-63H,19-29H2,1-12H3/t31-,32-,33-,34-,38+,39+,40-,41+,42-,43+,44-,45-,46+,47+,48+,49+,50-,51-,52-,53-,55+,56+,57+,58-/m1/s1. The Morgan fingerprint density at radius 3 is 1.53 bits per heavy atom. The molecule has 4 aliphatic carbocycles. The first-order valence-corrected chi connectivity index (χ1v) is 28.0. The van der Waals surface area contributed by atoms with Crippen LogP contribution in [0.5, 0.6) is 0 Å². The number of carbonyl (C=O) groups is 3. The molecule has 4 saturated heterocycles. The van der Waals surface area contributed by atoms with Crippen LogP contribution in [0, 0.1) is 22.7 Å². The molecule has 24 atom stereocenters. The Hall–Kier alpha value is -2.99. The van der Waals surface area contributed by atoms with E-state index in [0.717, 1.165) is 5.57 Å². The predicted molar refractivity (Wildman–Crippen MR) is 274 cm³/mol. The summed E-state index contributed by atoms with van der Waals surface area (Å²) in [5.41, 5.74) is -3.45. The molecule has 3 saturated carbocycles. The van der Waals surface area contributed by atoms with Crippen LogP contribution in [-0.4, -0.2) is 178 Å². The third kappa shape index (κ3) is 11.0. The van der Waals surface area contributed by atoms with Crippen LogP contribution < -0.4 is 0 Å². The van der Waals surface area contributed by atoms with Gasteiger partial charge in [0.25, 0.3) is 0 Å². The van der Waals surface area contributed by atoms with E-state index in [0.29, 0.717) is 63.4 Å². The van der Waals surface area contributed by atoms with Gasteiger partial charge in [-0.2, -0.15) is 0 Å². The fourth-order valence-electron chi connectivity index (χ4n) is 15.3. The van der Waals surface area contributed by atoms with Gasteiger partial charge in [-0.3, -0.25) is 9.59 Å². The van der Waals surface area contributed by atoms with Gasteiger partial charge in [0, 0.05) is 78.3 Å². The van der Waals surface area contributed by atoms with Crippen molar-refractivity contribution >= 4 is 17.7 Å². The van der Waals surface area contributed by atoms with Crippen LogP contribution in [0.2, 0.25) is 0 Å². The number of Topliss-reactive ketones (excluding diaryl/α,β-unsaturated/α-hetero) is 1. The Morgan fingerprint density at radius 2 is 1.06 bits per heavy atom. The molecule has 1 aromatic carbocycles. The maximum absolute atomic E-state index is 13.7. The van der Waals surface area contributed by atoms with Crippen LogP contribution in [0.15, 0.2) is 42.0 Å². The average molecular weight is 1090 g/mol. The highest BCUT2D eigenvalue weighted by Gasteiger charge is 2.77. The molecular formula is C58H86O19. The van der Waals surface area contributed by atoms with Gasteiger partial charge in [-0.1, -0.05) is 43.7 Å². The van der Waals surface area contributed by atoms with Crippen LogP contribution >= 0.6 is 0 Å². The second kappa shape index (κ2) is 23.5. The van der Waals surface area contributed by atoms with E-state index in [1.165, 1.54) is 13.8 Å². The molecule has 0 unspecified atom stereocenters. The van der Waals surface area contributed by atoms with Gasteiger partial charge in [0.2, 0.25) is 0 Å². The van der Waals surface area contributed by atoms with E-state index < -0.39 is 144 Å². The van der Waals surface area contributed by atoms with E-state index in [1.807, 2.05) is 40.7 Å². The summed E-state index contributed by atoms with van der Waals surface area (Å²) in [4.78, 5) is 38.7. The smallest absolute Gasteiger partial charge is 0.338 e. The van der Waals surface area contributed by atoms with Crippen molar-refractivity contribution in [3.8, 4) is 0 Å². The topological polar surface area (TPSA) is 221 Å². The number of aliphatic hydroxyl groups is 2. The minimum atomic E-state index is -1.68. The molecule has 77 heavy (non-hydrogen) atoms. The zero-order valence-electron chi connectivity index (χ0n) is 47.1. The predicted octanol–water partition coefficient (Wildman–Crippen LogP) is 6.29. The largest absolute Gasteiger partial charge is 0.458 e. The van der Waals surface area contributed by atoms with E-state index in [4.69, 9.17) is 66.3 Å². The van der Waals surface area contributed by atoms with Crippen LogP contribution in [0.25, 0.3) is 0 Å². The second-order valence-corrected chi connectivity index (χ2v) is 23.7. The number of rotatable bonds is 16. The fraction of sp³-hybridized carbons (Fsp3) is 0.810. The van der Waals surface area contributed by atoms with Crippen LogP contribution in [0.3, 0.4) is 0 Å². The Morgan fingerprint density at radius 1 is 0.597 bits per heavy atom. The third-order valence-corrected chi connectivity index (χ3v) is 19.4. The lowest BCUT2D eigenvalue weighted by Gasteiger charge is -2.66. The lowest BCUT2D eigenvalue weighted by atomic mass is 9.43. The molecule has 7 fully saturated rings. The summed E-state index contributed by atoms with van der Waals surface area (Å²) in [6.45, 7) is 14.5. The van der Waals surface area contributed by atoms with Crippen molar-refractivity contribution in [1.82, 2.24) is 0 Å². The number of hydrogen-bond acceptors (Lipinski definition) is 19. The van der Waals surface area contributed by atoms with Crippen molar-refractivity contribution in [1.29, 1.82) is 0 Å². The summed E-state index contributed by atoms with van der Waals surface area (Å²) in [7, 11) is 6.51. The van der Waals surface area contributed by atoms with Gasteiger partial charge in [0.15, 0.2) is 31.3 Å². The molecule has 2 N–H and O–H groups in total. The second-order valence-electron chi connectivity index (χ2n) is 23.7. The average Bonchev–Trinajstić information content (AvgIpc) is 3.77. The first kappa shape index (κ1) is 58.7. The highest BCUT2D eigenvalue weighted by molar-refractivity contribution is 5.89. The molecule has 432 valence electrons. The molecule has 4 heterocycles. The van der Waals surface area contributed by atoms with E-state index in [9.17, 15) is 24.6 Å². The van der Waals surface area contributed by atoms with Gasteiger partial charge in [-0.15, -0.1) is 0 Å². The van der Waals surface area contributed by atoms with Crippen molar-refractivity contribution in [3.05, 3.63) is 47.5 Å². The highest BCUT2D eigenvalue weighted by Crippen LogP contribution is 2.70. The van der Waals surface area contributed by atoms with E-state index in [-0.39, 0.29) is 30.8 Å². The normalized spacial score (nSPS) is 46.9. The number of fused-ring (bicyclic) bond motifs is 5. The van der Waals surface area contributed by atoms with Crippen molar-refractivity contribution in [2.45, 2.75) is 248 Å². The SMILES string of the molecule is CO[C@H]1C[C@H](O[C@H]2CC[C@@]3(C)C(=CC[C@]4(O)[C@@H]3C[C@@H](OC(=O)c3ccccc3)[C@]3(C)[C@H](C(C)=O)CC[C@@]34O)C2)O[C@H](C)[C@H]1O[C@H]1C[C@H](OC)[C@H](O[C@H]2C[C@@H](OC)[C@H](O[C@H]3C[C@@H](OC)[C@H](OC(C)=O)[C@@H](C)O3)[C@@H](C)O2)[C@@H](C)O1. The maximum atomic E-state index is 13.7. The van der Waals surface area contributed by atoms with Crippen LogP contribution in [0.1, 0.15) is 136 Å². The molecule has 0 spiro atoms. The van der Waals surface area contributed by atoms with Gasteiger partial charge in [-0.05, 0) is 97.1 Å².